The summed E-state index contributed by atoms with van der Waals surface area (Å²) in [6, 6.07) is 5.37. The number of anilines is 1. The summed E-state index contributed by atoms with van der Waals surface area (Å²) in [6.07, 6.45) is 0.0898. The van der Waals surface area contributed by atoms with Gasteiger partial charge in [-0.1, -0.05) is 12.1 Å². The predicted molar refractivity (Wildman–Crippen MR) is 107 cm³/mol. The van der Waals surface area contributed by atoms with Crippen molar-refractivity contribution in [2.75, 3.05) is 25.5 Å². The summed E-state index contributed by atoms with van der Waals surface area (Å²) in [5.41, 5.74) is 1.88. The normalized spacial score (nSPS) is 14.7. The van der Waals surface area contributed by atoms with Crippen LogP contribution in [0.4, 0.5) is 19.1 Å². The zero-order valence-electron chi connectivity index (χ0n) is 16.1. The van der Waals surface area contributed by atoms with E-state index >= 15 is 0 Å². The van der Waals surface area contributed by atoms with Gasteiger partial charge in [0.2, 0.25) is 5.95 Å². The molecule has 1 aromatic carbocycles. The van der Waals surface area contributed by atoms with Crippen molar-refractivity contribution in [2.45, 2.75) is 25.7 Å². The zero-order chi connectivity index (χ0) is 20.6. The van der Waals surface area contributed by atoms with Crippen molar-refractivity contribution < 1.29 is 13.2 Å². The van der Waals surface area contributed by atoms with Crippen LogP contribution in [0.3, 0.4) is 0 Å². The van der Waals surface area contributed by atoms with Gasteiger partial charge in [-0.15, -0.1) is 11.3 Å². The van der Waals surface area contributed by atoms with E-state index in [9.17, 15) is 13.2 Å². The Balaban J connectivity index is 1.49. The van der Waals surface area contributed by atoms with Gasteiger partial charge in [0.25, 0.3) is 0 Å². The van der Waals surface area contributed by atoms with E-state index in [-0.39, 0.29) is 0 Å². The van der Waals surface area contributed by atoms with E-state index in [4.69, 9.17) is 0 Å². The monoisotopic (exact) mass is 419 g/mol. The van der Waals surface area contributed by atoms with Crippen molar-refractivity contribution in [3.63, 3.8) is 0 Å². The maximum absolute atomic E-state index is 13.0. The second-order valence-electron chi connectivity index (χ2n) is 7.21. The van der Waals surface area contributed by atoms with Crippen LogP contribution in [0.25, 0.3) is 10.6 Å². The molecule has 0 unspecified atom stereocenters. The number of fused-ring (bicyclic) bond motifs is 1. The first-order valence-corrected chi connectivity index (χ1v) is 9.98. The molecule has 1 aliphatic heterocycles. The molecule has 1 aliphatic rings. The van der Waals surface area contributed by atoms with Crippen LogP contribution in [0.2, 0.25) is 0 Å². The number of hydrogen-bond acceptors (Lipinski definition) is 6. The number of nitrogens with zero attached hydrogens (tertiary/aromatic N) is 5. The molecule has 0 bridgehead atoms. The Labute approximate surface area is 170 Å². The molecule has 152 valence electrons. The lowest BCUT2D eigenvalue weighted by Gasteiger charge is -2.25. The summed E-state index contributed by atoms with van der Waals surface area (Å²) in [4.78, 5) is 18.5. The molecule has 0 N–H and O–H groups in total. The Morgan fingerprint density at radius 3 is 2.62 bits per heavy atom. The van der Waals surface area contributed by atoms with Gasteiger partial charge in [-0.05, 0) is 12.1 Å². The third-order valence-electron chi connectivity index (χ3n) is 4.75. The first-order chi connectivity index (χ1) is 13.8. The number of alkyl halides is 3. The minimum Gasteiger partial charge on any atom is -0.347 e. The molecule has 0 fully saturated rings. The maximum Gasteiger partial charge on any atom is 0.416 e. The number of hydrogen-bond donors (Lipinski definition) is 0. The quantitative estimate of drug-likeness (QED) is 0.633. The first-order valence-electron chi connectivity index (χ1n) is 9.16. The van der Waals surface area contributed by atoms with Crippen LogP contribution in [0.5, 0.6) is 0 Å². The molecule has 0 saturated heterocycles. The topological polar surface area (TPSA) is 45.2 Å². The Bertz CT molecular complexity index is 998. The summed E-state index contributed by atoms with van der Waals surface area (Å²) in [5.74, 6) is 0.669. The van der Waals surface area contributed by atoms with E-state index in [0.29, 0.717) is 16.5 Å². The zero-order valence-corrected chi connectivity index (χ0v) is 16.9. The van der Waals surface area contributed by atoms with Gasteiger partial charge in [0.1, 0.15) is 5.01 Å². The fourth-order valence-corrected chi connectivity index (χ4v) is 4.40. The summed E-state index contributed by atoms with van der Waals surface area (Å²) in [5, 5.41) is 0.640. The Kier molecular flexibility index (Phi) is 5.26. The third kappa shape index (κ3) is 4.40. The number of benzene rings is 1. The second-order valence-corrected chi connectivity index (χ2v) is 8.30. The van der Waals surface area contributed by atoms with Gasteiger partial charge in [-0.2, -0.15) is 13.2 Å². The fourth-order valence-electron chi connectivity index (χ4n) is 3.25. The smallest absolute Gasteiger partial charge is 0.347 e. The molecule has 0 radical (unpaired) electrons. The lowest BCUT2D eigenvalue weighted by atomic mass is 10.1. The van der Waals surface area contributed by atoms with E-state index in [1.54, 1.807) is 6.07 Å². The number of aromatic nitrogens is 3. The molecule has 0 atom stereocenters. The van der Waals surface area contributed by atoms with E-state index in [2.05, 4.69) is 19.9 Å². The van der Waals surface area contributed by atoms with Crippen molar-refractivity contribution in [3.05, 3.63) is 58.4 Å². The van der Waals surface area contributed by atoms with Crippen molar-refractivity contribution in [1.29, 1.82) is 0 Å². The average Bonchev–Trinajstić information content (AvgIpc) is 3.11. The number of halogens is 3. The highest BCUT2D eigenvalue weighted by Gasteiger charge is 2.31. The van der Waals surface area contributed by atoms with Gasteiger partial charge in [0.05, 0.1) is 11.3 Å². The Morgan fingerprint density at radius 1 is 1.17 bits per heavy atom. The molecule has 9 heteroatoms. The van der Waals surface area contributed by atoms with Crippen molar-refractivity contribution in [3.8, 4) is 10.6 Å². The van der Waals surface area contributed by atoms with E-state index < -0.39 is 11.7 Å². The lowest BCUT2D eigenvalue weighted by molar-refractivity contribution is -0.137. The molecule has 29 heavy (non-hydrogen) atoms. The van der Waals surface area contributed by atoms with Gasteiger partial charge in [-0.25, -0.2) is 15.0 Å². The predicted octanol–water partition coefficient (Wildman–Crippen LogP) is 4.24. The molecular weight excluding hydrogens is 399 g/mol. The van der Waals surface area contributed by atoms with Gasteiger partial charge in [0.15, 0.2) is 0 Å². The molecule has 5 nitrogen and oxygen atoms in total. The summed E-state index contributed by atoms with van der Waals surface area (Å²) >= 11 is 1.47. The molecule has 4 rings (SSSR count). The maximum atomic E-state index is 13.0. The van der Waals surface area contributed by atoms with E-state index in [1.165, 1.54) is 23.5 Å². The summed E-state index contributed by atoms with van der Waals surface area (Å²) in [6.45, 7) is 2.29. The van der Waals surface area contributed by atoms with Gasteiger partial charge in [0, 0.05) is 68.5 Å². The molecular formula is C20H20F3N5S. The lowest BCUT2D eigenvalue weighted by Crippen LogP contribution is -2.29. The third-order valence-corrected chi connectivity index (χ3v) is 5.88. The first kappa shape index (κ1) is 19.8. The summed E-state index contributed by atoms with van der Waals surface area (Å²) < 4.78 is 39.0. The molecule has 3 heterocycles. The van der Waals surface area contributed by atoms with Crippen LogP contribution in [-0.4, -0.2) is 40.5 Å². The van der Waals surface area contributed by atoms with Crippen molar-refractivity contribution >= 4 is 17.3 Å². The van der Waals surface area contributed by atoms with Crippen LogP contribution in [-0.2, 0) is 25.7 Å². The van der Waals surface area contributed by atoms with Crippen molar-refractivity contribution in [2.24, 2.45) is 0 Å². The average molecular weight is 419 g/mol. The highest BCUT2D eigenvalue weighted by Crippen LogP contribution is 2.35. The van der Waals surface area contributed by atoms with Crippen LogP contribution >= 0.6 is 11.3 Å². The minimum absolute atomic E-state index is 0.512. The molecule has 2 aromatic heterocycles. The largest absolute Gasteiger partial charge is 0.416 e. The van der Waals surface area contributed by atoms with E-state index in [1.807, 2.05) is 31.4 Å². The van der Waals surface area contributed by atoms with Crippen LogP contribution < -0.4 is 4.90 Å². The number of rotatable bonds is 4. The Morgan fingerprint density at radius 2 is 1.93 bits per heavy atom. The van der Waals surface area contributed by atoms with Gasteiger partial charge in [-0.3, -0.25) is 4.90 Å². The molecule has 0 aliphatic carbocycles. The van der Waals surface area contributed by atoms with Gasteiger partial charge < -0.3 is 4.90 Å². The number of thiazole rings is 1. The highest BCUT2D eigenvalue weighted by atomic mass is 32.1. The second kappa shape index (κ2) is 7.72. The highest BCUT2D eigenvalue weighted by molar-refractivity contribution is 7.15. The standard InChI is InChI=1S/C20H20F3N5S/c1-27(2)19-24-9-13(10-25-19)11-28-7-6-16-17(12-28)29-18(26-16)14-4-3-5-15(8-14)20(21,22)23/h3-5,8-10H,6-7,11-12H2,1-2H3. The van der Waals surface area contributed by atoms with Crippen LogP contribution in [0, 0.1) is 0 Å². The Hall–Kier alpha value is -2.52. The van der Waals surface area contributed by atoms with Crippen molar-refractivity contribution in [1.82, 2.24) is 19.9 Å². The summed E-state index contributed by atoms with van der Waals surface area (Å²) in [7, 11) is 3.79. The van der Waals surface area contributed by atoms with Crippen LogP contribution in [0.1, 0.15) is 21.7 Å². The molecule has 0 spiro atoms. The molecule has 3 aromatic rings. The minimum atomic E-state index is -4.35. The van der Waals surface area contributed by atoms with Gasteiger partial charge >= 0.3 is 6.18 Å². The SMILES string of the molecule is CN(C)c1ncc(CN2CCc3nc(-c4cccc(C(F)(F)F)c4)sc3C2)cn1. The molecule has 0 amide bonds. The molecule has 0 saturated carbocycles. The van der Waals surface area contributed by atoms with Crippen LogP contribution in [0.15, 0.2) is 36.7 Å². The van der Waals surface area contributed by atoms with E-state index in [0.717, 1.165) is 48.3 Å². The fraction of sp³-hybridized carbons (Fsp3) is 0.350.